The topological polar surface area (TPSA) is 21.3 Å². The molecule has 0 aliphatic heterocycles. The summed E-state index contributed by atoms with van der Waals surface area (Å²) in [5.74, 6) is 1.89. The fourth-order valence-electron chi connectivity index (χ4n) is 2.69. The van der Waals surface area contributed by atoms with Crippen molar-refractivity contribution in [2.45, 2.75) is 39.5 Å². The Morgan fingerprint density at radius 3 is 2.63 bits per heavy atom. The lowest BCUT2D eigenvalue weighted by atomic mass is 9.81. The van der Waals surface area contributed by atoms with Crippen LogP contribution in [0, 0.1) is 11.3 Å². The molecule has 106 valence electrons. The van der Waals surface area contributed by atoms with E-state index < -0.39 is 0 Å². The number of para-hydroxylation sites is 1. The summed E-state index contributed by atoms with van der Waals surface area (Å²) in [7, 11) is 0. The minimum Gasteiger partial charge on any atom is -0.494 e. The first-order valence-corrected chi connectivity index (χ1v) is 7.63. The third-order valence-corrected chi connectivity index (χ3v) is 4.20. The molecule has 0 radical (unpaired) electrons. The standard InChI is InChI=1S/C17H27NO/c1-3-12-18-14-17(2,15-9-10-15)11-13-19-16-7-5-4-6-8-16/h4-8,15,18H,3,9-14H2,1-2H3. The van der Waals surface area contributed by atoms with Crippen LogP contribution in [0.3, 0.4) is 0 Å². The van der Waals surface area contributed by atoms with Gasteiger partial charge in [0.05, 0.1) is 6.61 Å². The molecule has 19 heavy (non-hydrogen) atoms. The minimum absolute atomic E-state index is 0.407. The Morgan fingerprint density at radius 1 is 1.26 bits per heavy atom. The largest absolute Gasteiger partial charge is 0.494 e. The number of hydrogen-bond donors (Lipinski definition) is 1. The van der Waals surface area contributed by atoms with E-state index in [4.69, 9.17) is 4.74 Å². The van der Waals surface area contributed by atoms with Gasteiger partial charge in [0, 0.05) is 6.54 Å². The van der Waals surface area contributed by atoms with Crippen LogP contribution in [0.2, 0.25) is 0 Å². The van der Waals surface area contributed by atoms with Crippen LogP contribution in [-0.2, 0) is 0 Å². The van der Waals surface area contributed by atoms with Crippen molar-refractivity contribution in [2.75, 3.05) is 19.7 Å². The summed E-state index contributed by atoms with van der Waals surface area (Å²) in [5, 5.41) is 3.59. The van der Waals surface area contributed by atoms with Gasteiger partial charge in [0.25, 0.3) is 0 Å². The van der Waals surface area contributed by atoms with Gasteiger partial charge in [0.15, 0.2) is 0 Å². The fourth-order valence-corrected chi connectivity index (χ4v) is 2.69. The van der Waals surface area contributed by atoms with E-state index in [1.165, 1.54) is 19.3 Å². The van der Waals surface area contributed by atoms with E-state index >= 15 is 0 Å². The van der Waals surface area contributed by atoms with Gasteiger partial charge in [-0.1, -0.05) is 32.0 Å². The highest BCUT2D eigenvalue weighted by Gasteiger charge is 2.40. The van der Waals surface area contributed by atoms with Gasteiger partial charge in [-0.25, -0.2) is 0 Å². The lowest BCUT2D eigenvalue weighted by Gasteiger charge is -2.30. The smallest absolute Gasteiger partial charge is 0.119 e. The Morgan fingerprint density at radius 2 is 2.00 bits per heavy atom. The maximum absolute atomic E-state index is 5.86. The highest BCUT2D eigenvalue weighted by atomic mass is 16.5. The molecule has 1 unspecified atom stereocenters. The van der Waals surface area contributed by atoms with Gasteiger partial charge in [0.1, 0.15) is 5.75 Å². The summed E-state index contributed by atoms with van der Waals surface area (Å²) in [6.07, 6.45) is 5.15. The first-order valence-electron chi connectivity index (χ1n) is 7.63. The first kappa shape index (κ1) is 14.4. The molecule has 1 aliphatic carbocycles. The summed E-state index contributed by atoms with van der Waals surface area (Å²) >= 11 is 0. The second-order valence-corrected chi connectivity index (χ2v) is 6.02. The van der Waals surface area contributed by atoms with Crippen molar-refractivity contribution in [1.82, 2.24) is 5.32 Å². The van der Waals surface area contributed by atoms with Crippen LogP contribution in [0.25, 0.3) is 0 Å². The molecule has 1 aromatic rings. The molecule has 0 saturated heterocycles. The summed E-state index contributed by atoms with van der Waals surface area (Å²) in [6, 6.07) is 10.1. The average molecular weight is 261 g/mol. The number of benzene rings is 1. The van der Waals surface area contributed by atoms with E-state index in [-0.39, 0.29) is 0 Å². The third-order valence-electron chi connectivity index (χ3n) is 4.20. The summed E-state index contributed by atoms with van der Waals surface area (Å²) in [5.41, 5.74) is 0.407. The van der Waals surface area contributed by atoms with Crippen LogP contribution >= 0.6 is 0 Å². The van der Waals surface area contributed by atoms with Crippen LogP contribution in [0.1, 0.15) is 39.5 Å². The molecule has 1 N–H and O–H groups in total. The Hall–Kier alpha value is -1.02. The van der Waals surface area contributed by atoms with Crippen LogP contribution in [0.15, 0.2) is 30.3 Å². The van der Waals surface area contributed by atoms with Crippen molar-refractivity contribution in [3.63, 3.8) is 0 Å². The van der Waals surface area contributed by atoms with Gasteiger partial charge < -0.3 is 10.1 Å². The highest BCUT2D eigenvalue weighted by molar-refractivity contribution is 5.20. The van der Waals surface area contributed by atoms with Crippen molar-refractivity contribution < 1.29 is 4.74 Å². The average Bonchev–Trinajstić information content (AvgIpc) is 3.25. The zero-order valence-electron chi connectivity index (χ0n) is 12.3. The molecular formula is C17H27NO. The monoisotopic (exact) mass is 261 g/mol. The maximum atomic E-state index is 5.86. The zero-order valence-corrected chi connectivity index (χ0v) is 12.3. The highest BCUT2D eigenvalue weighted by Crippen LogP contribution is 2.47. The third kappa shape index (κ3) is 4.54. The fraction of sp³-hybridized carbons (Fsp3) is 0.647. The van der Waals surface area contributed by atoms with Crippen molar-refractivity contribution in [3.8, 4) is 5.75 Å². The molecule has 0 amide bonds. The second-order valence-electron chi connectivity index (χ2n) is 6.02. The van der Waals surface area contributed by atoms with E-state index in [9.17, 15) is 0 Å². The first-order chi connectivity index (χ1) is 9.24. The molecular weight excluding hydrogens is 234 g/mol. The van der Waals surface area contributed by atoms with Crippen LogP contribution in [0.5, 0.6) is 5.75 Å². The van der Waals surface area contributed by atoms with Gasteiger partial charge in [-0.3, -0.25) is 0 Å². The number of rotatable bonds is 9. The van der Waals surface area contributed by atoms with E-state index in [2.05, 4.69) is 19.2 Å². The minimum atomic E-state index is 0.407. The molecule has 1 aromatic carbocycles. The van der Waals surface area contributed by atoms with Crippen molar-refractivity contribution in [3.05, 3.63) is 30.3 Å². The van der Waals surface area contributed by atoms with E-state index in [0.717, 1.165) is 37.8 Å². The molecule has 2 nitrogen and oxygen atoms in total. The quantitative estimate of drug-likeness (QED) is 0.681. The van der Waals surface area contributed by atoms with Gasteiger partial charge in [-0.05, 0) is 55.7 Å². The predicted molar refractivity (Wildman–Crippen MR) is 80.5 cm³/mol. The molecule has 1 fully saturated rings. The Bertz CT molecular complexity index is 361. The van der Waals surface area contributed by atoms with Crippen LogP contribution in [-0.4, -0.2) is 19.7 Å². The molecule has 0 spiro atoms. The summed E-state index contributed by atoms with van der Waals surface area (Å²) in [4.78, 5) is 0. The SMILES string of the molecule is CCCNCC(C)(CCOc1ccccc1)C1CC1. The Balaban J connectivity index is 1.77. The second kappa shape index (κ2) is 6.95. The molecule has 1 atom stereocenters. The van der Waals surface area contributed by atoms with Gasteiger partial charge in [0.2, 0.25) is 0 Å². The Kier molecular flexibility index (Phi) is 5.26. The molecule has 2 rings (SSSR count). The Labute approximate surface area is 117 Å². The van der Waals surface area contributed by atoms with E-state index in [0.29, 0.717) is 5.41 Å². The van der Waals surface area contributed by atoms with Crippen LogP contribution < -0.4 is 10.1 Å². The van der Waals surface area contributed by atoms with Crippen LogP contribution in [0.4, 0.5) is 0 Å². The molecule has 0 aromatic heterocycles. The van der Waals surface area contributed by atoms with Gasteiger partial charge in [-0.2, -0.15) is 0 Å². The van der Waals surface area contributed by atoms with Crippen molar-refractivity contribution in [2.24, 2.45) is 11.3 Å². The summed E-state index contributed by atoms with van der Waals surface area (Å²) < 4.78 is 5.86. The zero-order chi connectivity index (χ0) is 13.6. The maximum Gasteiger partial charge on any atom is 0.119 e. The lowest BCUT2D eigenvalue weighted by Crippen LogP contribution is -2.35. The van der Waals surface area contributed by atoms with Gasteiger partial charge in [-0.15, -0.1) is 0 Å². The molecule has 2 heteroatoms. The molecule has 1 saturated carbocycles. The summed E-state index contributed by atoms with van der Waals surface area (Å²) in [6.45, 7) is 7.72. The number of hydrogen-bond acceptors (Lipinski definition) is 2. The van der Waals surface area contributed by atoms with Gasteiger partial charge >= 0.3 is 0 Å². The molecule has 1 aliphatic rings. The normalized spacial score (nSPS) is 18.0. The van der Waals surface area contributed by atoms with Crippen molar-refractivity contribution in [1.29, 1.82) is 0 Å². The number of nitrogens with one attached hydrogen (secondary N) is 1. The van der Waals surface area contributed by atoms with Crippen molar-refractivity contribution >= 4 is 0 Å². The van der Waals surface area contributed by atoms with E-state index in [1.807, 2.05) is 30.3 Å². The lowest BCUT2D eigenvalue weighted by molar-refractivity contribution is 0.180. The predicted octanol–water partition coefficient (Wildman–Crippen LogP) is 3.87. The molecule has 0 heterocycles. The van der Waals surface area contributed by atoms with E-state index in [1.54, 1.807) is 0 Å². The molecule has 0 bridgehead atoms. The number of ether oxygens (including phenoxy) is 1.